The van der Waals surface area contributed by atoms with Crippen LogP contribution in [0.3, 0.4) is 0 Å². The zero-order valence-corrected chi connectivity index (χ0v) is 21.4. The lowest BCUT2D eigenvalue weighted by Gasteiger charge is -2.17. The molecule has 4 aromatic rings. The average molecular weight is 517 g/mol. The molecule has 0 radical (unpaired) electrons. The van der Waals surface area contributed by atoms with Gasteiger partial charge in [-0.15, -0.1) is 0 Å². The van der Waals surface area contributed by atoms with E-state index in [0.29, 0.717) is 68.6 Å². The predicted molar refractivity (Wildman–Crippen MR) is 149 cm³/mol. The van der Waals surface area contributed by atoms with Crippen LogP contribution in [0.4, 0.5) is 28.8 Å². The summed E-state index contributed by atoms with van der Waals surface area (Å²) in [6, 6.07) is 15.5. The fourth-order valence-electron chi connectivity index (χ4n) is 3.89. The number of aromatic nitrogens is 3. The number of benzene rings is 2. The summed E-state index contributed by atoms with van der Waals surface area (Å²) in [7, 11) is 0. The van der Waals surface area contributed by atoms with Crippen molar-refractivity contribution in [1.29, 1.82) is 0 Å². The van der Waals surface area contributed by atoms with Gasteiger partial charge in [0, 0.05) is 23.6 Å². The molecule has 2 aromatic carbocycles. The van der Waals surface area contributed by atoms with E-state index in [1.165, 1.54) is 0 Å². The van der Waals surface area contributed by atoms with Crippen molar-refractivity contribution in [1.82, 2.24) is 15.0 Å². The van der Waals surface area contributed by atoms with Gasteiger partial charge < -0.3 is 39.9 Å². The molecule has 198 valence electrons. The van der Waals surface area contributed by atoms with Crippen molar-refractivity contribution in [3.8, 4) is 11.5 Å². The van der Waals surface area contributed by atoms with Crippen molar-refractivity contribution < 1.29 is 18.9 Å². The highest BCUT2D eigenvalue weighted by Crippen LogP contribution is 2.33. The maximum atomic E-state index is 5.95. The topological polar surface area (TPSA) is 115 Å². The molecule has 2 aromatic heterocycles. The summed E-state index contributed by atoms with van der Waals surface area (Å²) in [5.74, 6) is 2.34. The molecule has 10 nitrogen and oxygen atoms in total. The third-order valence-corrected chi connectivity index (χ3v) is 5.88. The van der Waals surface area contributed by atoms with Gasteiger partial charge in [0.15, 0.2) is 11.5 Å². The Bertz CT molecular complexity index is 1390. The normalized spacial score (nSPS) is 14.2. The van der Waals surface area contributed by atoms with Crippen molar-refractivity contribution in [2.24, 2.45) is 0 Å². The van der Waals surface area contributed by atoms with Crippen LogP contribution < -0.4 is 25.4 Å². The number of fused-ring (bicyclic) bond motifs is 2. The van der Waals surface area contributed by atoms with Gasteiger partial charge in [0.25, 0.3) is 0 Å². The molecule has 0 amide bonds. The Morgan fingerprint density at radius 2 is 1.61 bits per heavy atom. The number of H-pyrrole nitrogens is 1. The standard InChI is InChI=1S/C28H32N6O4/c1-3-19(2)30-22-6-4-5-7-23(22)32-27-21-10-11-29-26(21)33-28(34-27)31-20-8-9-24-25(18-20)38-17-15-36-13-12-35-14-16-37-24/h4-11,18,30H,2-3,12-17H2,1H3,(H3,29,31,32,33,34). The molecule has 0 unspecified atom stereocenters. The quantitative estimate of drug-likeness (QED) is 0.250. The highest BCUT2D eigenvalue weighted by Gasteiger charge is 2.13. The third kappa shape index (κ3) is 6.34. The van der Waals surface area contributed by atoms with Crippen molar-refractivity contribution in [3.63, 3.8) is 0 Å². The first-order valence-electron chi connectivity index (χ1n) is 12.7. The van der Waals surface area contributed by atoms with Crippen molar-refractivity contribution in [2.45, 2.75) is 13.3 Å². The van der Waals surface area contributed by atoms with Gasteiger partial charge in [0.1, 0.15) is 24.7 Å². The minimum atomic E-state index is 0.400. The van der Waals surface area contributed by atoms with E-state index in [-0.39, 0.29) is 0 Å². The fraction of sp³-hybridized carbons (Fsp3) is 0.286. The van der Waals surface area contributed by atoms with Gasteiger partial charge in [-0.1, -0.05) is 25.6 Å². The van der Waals surface area contributed by atoms with Crippen molar-refractivity contribution in [2.75, 3.05) is 55.6 Å². The number of hydrogen-bond acceptors (Lipinski definition) is 9. The summed E-state index contributed by atoms with van der Waals surface area (Å²) in [4.78, 5) is 12.6. The van der Waals surface area contributed by atoms with Gasteiger partial charge in [-0.25, -0.2) is 0 Å². The highest BCUT2D eigenvalue weighted by molar-refractivity contribution is 5.92. The highest BCUT2D eigenvalue weighted by atomic mass is 16.6. The monoisotopic (exact) mass is 516 g/mol. The minimum Gasteiger partial charge on any atom is -0.487 e. The van der Waals surface area contributed by atoms with Crippen LogP contribution in [-0.2, 0) is 9.47 Å². The SMILES string of the molecule is C=C(CC)Nc1ccccc1Nc1nc(Nc2ccc3c(c2)OCCOCCOCCO3)nc2[nH]ccc12. The van der Waals surface area contributed by atoms with Crippen LogP contribution in [0.5, 0.6) is 11.5 Å². The maximum Gasteiger partial charge on any atom is 0.231 e. The number of rotatable bonds is 7. The van der Waals surface area contributed by atoms with E-state index in [1.54, 1.807) is 0 Å². The Labute approximate surface area is 221 Å². The number of allylic oxidation sites excluding steroid dienone is 1. The Morgan fingerprint density at radius 3 is 2.39 bits per heavy atom. The number of nitrogens with one attached hydrogen (secondary N) is 4. The number of nitrogens with zero attached hydrogens (tertiary/aromatic N) is 2. The second-order valence-corrected chi connectivity index (χ2v) is 8.60. The first-order valence-corrected chi connectivity index (χ1v) is 12.7. The van der Waals surface area contributed by atoms with Gasteiger partial charge in [0.05, 0.1) is 43.2 Å². The summed E-state index contributed by atoms with van der Waals surface area (Å²) in [5, 5.41) is 11.0. The number of anilines is 5. The number of para-hydroxylation sites is 2. The molecule has 0 bridgehead atoms. The third-order valence-electron chi connectivity index (χ3n) is 5.88. The number of aromatic amines is 1. The molecule has 0 saturated carbocycles. The van der Waals surface area contributed by atoms with E-state index < -0.39 is 0 Å². The van der Waals surface area contributed by atoms with Crippen LogP contribution in [0.25, 0.3) is 11.0 Å². The molecule has 0 aliphatic carbocycles. The maximum absolute atomic E-state index is 5.95. The van der Waals surface area contributed by atoms with E-state index in [2.05, 4.69) is 39.4 Å². The van der Waals surface area contributed by atoms with Gasteiger partial charge in [0.2, 0.25) is 5.95 Å². The zero-order valence-electron chi connectivity index (χ0n) is 21.4. The molecule has 0 fully saturated rings. The van der Waals surface area contributed by atoms with Crippen LogP contribution in [-0.4, -0.2) is 54.6 Å². The van der Waals surface area contributed by atoms with Crippen LogP contribution in [0.15, 0.2) is 67.0 Å². The molecule has 10 heteroatoms. The van der Waals surface area contributed by atoms with Crippen molar-refractivity contribution in [3.05, 3.63) is 67.0 Å². The van der Waals surface area contributed by atoms with Gasteiger partial charge in [-0.05, 0) is 36.8 Å². The first-order chi connectivity index (χ1) is 18.7. The lowest BCUT2D eigenvalue weighted by atomic mass is 10.2. The Kier molecular flexibility index (Phi) is 8.22. The molecule has 38 heavy (non-hydrogen) atoms. The van der Waals surface area contributed by atoms with Crippen LogP contribution in [0.1, 0.15) is 13.3 Å². The summed E-state index contributed by atoms with van der Waals surface area (Å²) in [5.41, 5.74) is 4.19. The van der Waals surface area contributed by atoms with Gasteiger partial charge in [-0.2, -0.15) is 9.97 Å². The van der Waals surface area contributed by atoms with E-state index >= 15 is 0 Å². The lowest BCUT2D eigenvalue weighted by Crippen LogP contribution is -2.15. The Balaban J connectivity index is 1.40. The summed E-state index contributed by atoms with van der Waals surface area (Å²) in [6.45, 7) is 8.96. The van der Waals surface area contributed by atoms with Crippen LogP contribution >= 0.6 is 0 Å². The number of hydrogen-bond donors (Lipinski definition) is 4. The molecule has 4 N–H and O–H groups in total. The smallest absolute Gasteiger partial charge is 0.231 e. The van der Waals surface area contributed by atoms with E-state index in [4.69, 9.17) is 23.9 Å². The Hall–Kier alpha value is -4.28. The first kappa shape index (κ1) is 25.4. The van der Waals surface area contributed by atoms with Crippen molar-refractivity contribution >= 4 is 39.9 Å². The van der Waals surface area contributed by atoms with Crippen LogP contribution in [0, 0.1) is 0 Å². The molecule has 5 rings (SSSR count). The average Bonchev–Trinajstić information content (AvgIpc) is 3.39. The molecular formula is C28H32N6O4. The van der Waals surface area contributed by atoms with E-state index in [9.17, 15) is 0 Å². The second-order valence-electron chi connectivity index (χ2n) is 8.60. The Morgan fingerprint density at radius 1 is 0.868 bits per heavy atom. The second kappa shape index (κ2) is 12.3. The predicted octanol–water partition coefficient (Wildman–Crippen LogP) is 5.59. The molecule has 3 heterocycles. The largest absolute Gasteiger partial charge is 0.487 e. The number of ether oxygens (including phenoxy) is 4. The summed E-state index contributed by atoms with van der Waals surface area (Å²) >= 11 is 0. The molecule has 0 atom stereocenters. The van der Waals surface area contributed by atoms with Gasteiger partial charge in [-0.3, -0.25) is 0 Å². The molecule has 1 aliphatic heterocycles. The fourth-order valence-corrected chi connectivity index (χ4v) is 3.89. The molecule has 0 saturated heterocycles. The molecule has 1 aliphatic rings. The molecular weight excluding hydrogens is 484 g/mol. The lowest BCUT2D eigenvalue weighted by molar-refractivity contribution is 0.0223. The van der Waals surface area contributed by atoms with Crippen LogP contribution in [0.2, 0.25) is 0 Å². The van der Waals surface area contributed by atoms with Gasteiger partial charge >= 0.3 is 0 Å². The minimum absolute atomic E-state index is 0.400. The molecule has 0 spiro atoms. The summed E-state index contributed by atoms with van der Waals surface area (Å²) < 4.78 is 22.9. The zero-order chi connectivity index (χ0) is 26.2. The van der Waals surface area contributed by atoms with E-state index in [0.717, 1.165) is 34.6 Å². The van der Waals surface area contributed by atoms with E-state index in [1.807, 2.05) is 54.7 Å². The summed E-state index contributed by atoms with van der Waals surface area (Å²) in [6.07, 6.45) is 2.67.